The molecule has 25 heavy (non-hydrogen) atoms. The summed E-state index contributed by atoms with van der Waals surface area (Å²) < 4.78 is 0. The number of hydrogen-bond acceptors (Lipinski definition) is 4. The third-order valence-electron chi connectivity index (χ3n) is 5.63. The first-order valence-electron chi connectivity index (χ1n) is 9.88. The molecule has 1 saturated carbocycles. The largest absolute Gasteiger partial charge is 0.352 e. The highest BCUT2D eigenvalue weighted by Gasteiger charge is 2.33. The Morgan fingerprint density at radius 1 is 0.920 bits per heavy atom. The summed E-state index contributed by atoms with van der Waals surface area (Å²) in [6.07, 6.45) is 4.88. The van der Waals surface area contributed by atoms with Crippen molar-refractivity contribution < 1.29 is 9.59 Å². The Balaban J connectivity index is 1.34. The van der Waals surface area contributed by atoms with E-state index in [9.17, 15) is 9.59 Å². The van der Waals surface area contributed by atoms with E-state index in [1.54, 1.807) is 0 Å². The van der Waals surface area contributed by atoms with Crippen LogP contribution in [0.2, 0.25) is 0 Å². The van der Waals surface area contributed by atoms with Gasteiger partial charge in [0.15, 0.2) is 0 Å². The highest BCUT2D eigenvalue weighted by Crippen LogP contribution is 2.29. The van der Waals surface area contributed by atoms with E-state index in [1.807, 2.05) is 25.7 Å². The predicted octanol–water partition coefficient (Wildman–Crippen LogP) is 0.920. The number of nitrogens with one attached hydrogen (secondary N) is 1. The van der Waals surface area contributed by atoms with Gasteiger partial charge < -0.3 is 15.1 Å². The first-order chi connectivity index (χ1) is 11.8. The van der Waals surface area contributed by atoms with E-state index in [2.05, 4.69) is 15.1 Å². The van der Waals surface area contributed by atoms with Crippen LogP contribution in [0.25, 0.3) is 0 Å². The van der Waals surface area contributed by atoms with E-state index in [0.29, 0.717) is 12.6 Å². The summed E-state index contributed by atoms with van der Waals surface area (Å²) in [6, 6.07) is 1.18. The number of hydrogen-bond donors (Lipinski definition) is 1. The molecule has 3 fully saturated rings. The van der Waals surface area contributed by atoms with E-state index in [4.69, 9.17) is 0 Å². The van der Waals surface area contributed by atoms with Crippen molar-refractivity contribution in [2.24, 2.45) is 5.41 Å². The quantitative estimate of drug-likeness (QED) is 0.819. The zero-order chi connectivity index (χ0) is 18.0. The van der Waals surface area contributed by atoms with E-state index < -0.39 is 0 Å². The lowest BCUT2D eigenvalue weighted by molar-refractivity contribution is -0.141. The maximum Gasteiger partial charge on any atom is 0.234 e. The van der Waals surface area contributed by atoms with Gasteiger partial charge in [0.1, 0.15) is 0 Å². The molecular weight excluding hydrogens is 316 g/mol. The van der Waals surface area contributed by atoms with Crippen molar-refractivity contribution in [3.63, 3.8) is 0 Å². The molecule has 3 aliphatic rings. The minimum absolute atomic E-state index is 0.139. The first-order valence-corrected chi connectivity index (χ1v) is 9.88. The van der Waals surface area contributed by atoms with Gasteiger partial charge in [-0.05, 0) is 25.7 Å². The molecule has 2 saturated heterocycles. The first kappa shape index (κ1) is 18.6. The fourth-order valence-electron chi connectivity index (χ4n) is 3.91. The summed E-state index contributed by atoms with van der Waals surface area (Å²) in [4.78, 5) is 31.3. The van der Waals surface area contributed by atoms with Gasteiger partial charge in [0.2, 0.25) is 11.8 Å². The SMILES string of the molecule is CC(C)(C)C(=O)N1CCN(CC(=O)NC2CCN(C3CC3)CC2)CC1. The van der Waals surface area contributed by atoms with Gasteiger partial charge in [-0.15, -0.1) is 0 Å². The highest BCUT2D eigenvalue weighted by molar-refractivity contribution is 5.81. The Morgan fingerprint density at radius 3 is 2.04 bits per heavy atom. The van der Waals surface area contributed by atoms with Crippen molar-refractivity contribution in [1.82, 2.24) is 20.0 Å². The third kappa shape index (κ3) is 5.17. The van der Waals surface area contributed by atoms with E-state index >= 15 is 0 Å². The summed E-state index contributed by atoms with van der Waals surface area (Å²) in [6.45, 7) is 11.6. The van der Waals surface area contributed by atoms with Crippen LogP contribution in [0.3, 0.4) is 0 Å². The second-order valence-corrected chi connectivity index (χ2v) is 8.93. The molecule has 3 rings (SSSR count). The number of rotatable bonds is 4. The number of piperidine rings is 1. The number of piperazine rings is 1. The minimum Gasteiger partial charge on any atom is -0.352 e. The van der Waals surface area contributed by atoms with Crippen LogP contribution in [0.1, 0.15) is 46.5 Å². The zero-order valence-electron chi connectivity index (χ0n) is 16.1. The Morgan fingerprint density at radius 2 is 1.52 bits per heavy atom. The summed E-state index contributed by atoms with van der Waals surface area (Å²) in [5.41, 5.74) is -0.325. The zero-order valence-corrected chi connectivity index (χ0v) is 16.1. The average molecular weight is 351 g/mol. The Labute approximate surface area is 151 Å². The molecule has 2 heterocycles. The van der Waals surface area contributed by atoms with Crippen LogP contribution in [0.4, 0.5) is 0 Å². The molecule has 0 spiro atoms. The van der Waals surface area contributed by atoms with Crippen LogP contribution in [0.15, 0.2) is 0 Å². The summed E-state index contributed by atoms with van der Waals surface area (Å²) in [7, 11) is 0. The van der Waals surface area contributed by atoms with Gasteiger partial charge in [0.25, 0.3) is 0 Å². The minimum atomic E-state index is -0.325. The van der Waals surface area contributed by atoms with E-state index in [-0.39, 0.29) is 17.2 Å². The summed E-state index contributed by atoms with van der Waals surface area (Å²) >= 11 is 0. The molecule has 142 valence electrons. The van der Waals surface area contributed by atoms with Crippen molar-refractivity contribution in [2.75, 3.05) is 45.8 Å². The highest BCUT2D eigenvalue weighted by atomic mass is 16.2. The van der Waals surface area contributed by atoms with Gasteiger partial charge >= 0.3 is 0 Å². The molecule has 0 aromatic carbocycles. The van der Waals surface area contributed by atoms with Crippen molar-refractivity contribution >= 4 is 11.8 Å². The lowest BCUT2D eigenvalue weighted by Crippen LogP contribution is -2.54. The molecule has 2 amide bonds. The van der Waals surface area contributed by atoms with Crippen LogP contribution in [-0.4, -0.2) is 84.4 Å². The van der Waals surface area contributed by atoms with Gasteiger partial charge in [-0.2, -0.15) is 0 Å². The standard InChI is InChI=1S/C19H34N4O2/c1-19(2,3)18(25)23-12-10-21(11-13-23)14-17(24)20-15-6-8-22(9-7-15)16-4-5-16/h15-16H,4-14H2,1-3H3,(H,20,24). The average Bonchev–Trinajstić information content (AvgIpc) is 3.39. The molecule has 0 aromatic heterocycles. The van der Waals surface area contributed by atoms with Gasteiger partial charge in [-0.3, -0.25) is 14.5 Å². The topological polar surface area (TPSA) is 55.9 Å². The lowest BCUT2D eigenvalue weighted by Gasteiger charge is -2.37. The molecular formula is C19H34N4O2. The number of likely N-dealkylation sites (tertiary alicyclic amines) is 1. The molecule has 6 nitrogen and oxygen atoms in total. The molecule has 6 heteroatoms. The Bertz CT molecular complexity index is 482. The second kappa shape index (κ2) is 7.62. The van der Waals surface area contributed by atoms with Gasteiger partial charge in [0.05, 0.1) is 6.54 Å². The monoisotopic (exact) mass is 350 g/mol. The number of carbonyl (C=O) groups is 2. The lowest BCUT2D eigenvalue weighted by atomic mass is 9.94. The maximum absolute atomic E-state index is 12.3. The van der Waals surface area contributed by atoms with E-state index in [1.165, 1.54) is 12.8 Å². The number of carbonyl (C=O) groups excluding carboxylic acids is 2. The molecule has 0 bridgehead atoms. The Kier molecular flexibility index (Phi) is 5.68. The molecule has 2 aliphatic heterocycles. The van der Waals surface area contributed by atoms with Gasteiger partial charge in [-0.25, -0.2) is 0 Å². The molecule has 1 N–H and O–H groups in total. The van der Waals surface area contributed by atoms with E-state index in [0.717, 1.165) is 58.2 Å². The van der Waals surface area contributed by atoms with Crippen LogP contribution in [0.5, 0.6) is 0 Å². The normalized spacial score (nSPS) is 24.4. The second-order valence-electron chi connectivity index (χ2n) is 8.93. The van der Waals surface area contributed by atoms with Crippen LogP contribution < -0.4 is 5.32 Å². The third-order valence-corrected chi connectivity index (χ3v) is 5.63. The fourth-order valence-corrected chi connectivity index (χ4v) is 3.91. The maximum atomic E-state index is 12.3. The Hall–Kier alpha value is -1.14. The number of amides is 2. The summed E-state index contributed by atoms with van der Waals surface area (Å²) in [5, 5.41) is 3.22. The smallest absolute Gasteiger partial charge is 0.234 e. The number of nitrogens with zero attached hydrogens (tertiary/aromatic N) is 3. The fraction of sp³-hybridized carbons (Fsp3) is 0.895. The molecule has 0 radical (unpaired) electrons. The van der Waals surface area contributed by atoms with Crippen molar-refractivity contribution in [3.8, 4) is 0 Å². The van der Waals surface area contributed by atoms with Crippen LogP contribution >= 0.6 is 0 Å². The van der Waals surface area contributed by atoms with Crippen molar-refractivity contribution in [3.05, 3.63) is 0 Å². The van der Waals surface area contributed by atoms with Gasteiger partial charge in [-0.1, -0.05) is 20.8 Å². The molecule has 0 atom stereocenters. The molecule has 0 aromatic rings. The molecule has 0 unspecified atom stereocenters. The summed E-state index contributed by atoms with van der Waals surface area (Å²) in [5.74, 6) is 0.347. The predicted molar refractivity (Wildman–Crippen MR) is 98.2 cm³/mol. The van der Waals surface area contributed by atoms with Gasteiger partial charge in [0, 0.05) is 56.8 Å². The van der Waals surface area contributed by atoms with Crippen molar-refractivity contribution in [1.29, 1.82) is 0 Å². The van der Waals surface area contributed by atoms with Crippen molar-refractivity contribution in [2.45, 2.75) is 58.5 Å². The molecule has 1 aliphatic carbocycles. The van der Waals surface area contributed by atoms with Crippen LogP contribution in [-0.2, 0) is 9.59 Å². The van der Waals surface area contributed by atoms with Crippen LogP contribution in [0, 0.1) is 5.41 Å².